The van der Waals surface area contributed by atoms with Crippen molar-refractivity contribution in [2.24, 2.45) is 11.8 Å². The number of carbonyl (C=O) groups excluding carboxylic acids is 1. The van der Waals surface area contributed by atoms with Crippen molar-refractivity contribution in [3.05, 3.63) is 24.2 Å². The fourth-order valence-corrected chi connectivity index (χ4v) is 4.57. The Morgan fingerprint density at radius 1 is 1.19 bits per heavy atom. The second kappa shape index (κ2) is 5.48. The van der Waals surface area contributed by atoms with Crippen LogP contribution >= 0.6 is 0 Å². The third-order valence-corrected chi connectivity index (χ3v) is 5.74. The molecule has 3 unspecified atom stereocenters. The van der Waals surface area contributed by atoms with Gasteiger partial charge >= 0.3 is 0 Å². The molecule has 21 heavy (non-hydrogen) atoms. The molecule has 2 bridgehead atoms. The number of hydrogen-bond acceptors (Lipinski definition) is 3. The Morgan fingerprint density at radius 2 is 2.05 bits per heavy atom. The molecule has 0 aromatic carbocycles. The fourth-order valence-electron chi connectivity index (χ4n) is 4.57. The van der Waals surface area contributed by atoms with Gasteiger partial charge in [-0.2, -0.15) is 0 Å². The Labute approximate surface area is 125 Å². The van der Waals surface area contributed by atoms with Crippen LogP contribution in [-0.2, 0) is 0 Å². The average Bonchev–Trinajstić information content (AvgIpc) is 3.25. The molecule has 1 aliphatic heterocycles. The van der Waals surface area contributed by atoms with Gasteiger partial charge < -0.3 is 14.6 Å². The summed E-state index contributed by atoms with van der Waals surface area (Å²) in [5.74, 6) is 2.04. The van der Waals surface area contributed by atoms with Gasteiger partial charge in [0.2, 0.25) is 0 Å². The molecule has 114 valence electrons. The van der Waals surface area contributed by atoms with Gasteiger partial charge in [0.15, 0.2) is 0 Å². The molecule has 2 saturated carbocycles. The van der Waals surface area contributed by atoms with E-state index < -0.39 is 0 Å². The highest BCUT2D eigenvalue weighted by Gasteiger charge is 2.40. The lowest BCUT2D eigenvalue weighted by molar-refractivity contribution is 0.0698. The number of carbonyl (C=O) groups is 1. The van der Waals surface area contributed by atoms with E-state index in [4.69, 9.17) is 4.42 Å². The summed E-state index contributed by atoms with van der Waals surface area (Å²) in [6.07, 6.45) is 11.0. The number of nitrogens with zero attached hydrogens (tertiary/aromatic N) is 1. The van der Waals surface area contributed by atoms with E-state index in [1.807, 2.05) is 4.90 Å². The van der Waals surface area contributed by atoms with Gasteiger partial charge in [0.1, 0.15) is 6.26 Å². The van der Waals surface area contributed by atoms with E-state index in [1.54, 1.807) is 18.6 Å². The summed E-state index contributed by atoms with van der Waals surface area (Å²) in [4.78, 5) is 14.2. The maximum atomic E-state index is 12.3. The Balaban J connectivity index is 1.28. The Hall–Kier alpha value is -1.29. The molecule has 0 spiro atoms. The summed E-state index contributed by atoms with van der Waals surface area (Å²) in [5, 5.41) is 3.89. The molecule has 3 aliphatic rings. The van der Waals surface area contributed by atoms with Crippen LogP contribution in [0.15, 0.2) is 23.0 Å². The van der Waals surface area contributed by atoms with Crippen molar-refractivity contribution in [3.8, 4) is 0 Å². The number of amides is 1. The number of piperidine rings is 1. The Kier molecular flexibility index (Phi) is 3.49. The van der Waals surface area contributed by atoms with Crippen LogP contribution in [0.4, 0.5) is 0 Å². The van der Waals surface area contributed by atoms with E-state index in [1.165, 1.54) is 25.7 Å². The quantitative estimate of drug-likeness (QED) is 0.930. The maximum absolute atomic E-state index is 12.3. The largest absolute Gasteiger partial charge is 0.472 e. The molecule has 0 radical (unpaired) electrons. The van der Waals surface area contributed by atoms with Gasteiger partial charge in [-0.05, 0) is 50.0 Å². The van der Waals surface area contributed by atoms with Crippen LogP contribution in [0.25, 0.3) is 0 Å². The first-order valence-corrected chi connectivity index (χ1v) is 8.37. The number of fused-ring (bicyclic) bond motifs is 2. The molecule has 1 N–H and O–H groups in total. The van der Waals surface area contributed by atoms with Gasteiger partial charge in [-0.1, -0.05) is 6.42 Å². The van der Waals surface area contributed by atoms with Crippen LogP contribution in [0.3, 0.4) is 0 Å². The first kappa shape index (κ1) is 13.4. The first-order valence-electron chi connectivity index (χ1n) is 8.37. The van der Waals surface area contributed by atoms with E-state index in [2.05, 4.69) is 5.32 Å². The second-order valence-electron chi connectivity index (χ2n) is 7.03. The topological polar surface area (TPSA) is 45.5 Å². The first-order chi connectivity index (χ1) is 10.3. The van der Waals surface area contributed by atoms with Crippen molar-refractivity contribution < 1.29 is 9.21 Å². The molecule has 4 heteroatoms. The van der Waals surface area contributed by atoms with Gasteiger partial charge in [-0.15, -0.1) is 0 Å². The lowest BCUT2D eigenvalue weighted by Crippen LogP contribution is -2.48. The van der Waals surface area contributed by atoms with E-state index in [0.29, 0.717) is 11.6 Å². The fraction of sp³-hybridized carbons (Fsp3) is 0.706. The number of rotatable bonds is 3. The molecular formula is C17H24N2O2. The van der Waals surface area contributed by atoms with E-state index >= 15 is 0 Å². The predicted octanol–water partition coefficient (Wildman–Crippen LogP) is 2.66. The molecular weight excluding hydrogens is 264 g/mol. The van der Waals surface area contributed by atoms with Gasteiger partial charge in [0.25, 0.3) is 5.91 Å². The molecule has 4 nitrogen and oxygen atoms in total. The summed E-state index contributed by atoms with van der Waals surface area (Å²) in [7, 11) is 0. The lowest BCUT2D eigenvalue weighted by atomic mass is 9.93. The van der Waals surface area contributed by atoms with Crippen LogP contribution in [0.5, 0.6) is 0 Å². The summed E-state index contributed by atoms with van der Waals surface area (Å²) in [6.45, 7) is 1.73. The van der Waals surface area contributed by atoms with E-state index in [9.17, 15) is 4.79 Å². The van der Waals surface area contributed by atoms with Gasteiger partial charge in [-0.3, -0.25) is 4.79 Å². The number of nitrogens with one attached hydrogen (secondary N) is 1. The monoisotopic (exact) mass is 288 g/mol. The molecule has 4 rings (SSSR count). The zero-order valence-corrected chi connectivity index (χ0v) is 12.5. The molecule has 1 aromatic rings. The summed E-state index contributed by atoms with van der Waals surface area (Å²) >= 11 is 0. The van der Waals surface area contributed by atoms with E-state index in [0.717, 1.165) is 43.8 Å². The average molecular weight is 288 g/mol. The van der Waals surface area contributed by atoms with Crippen molar-refractivity contribution in [2.75, 3.05) is 13.1 Å². The molecule has 3 atom stereocenters. The predicted molar refractivity (Wildman–Crippen MR) is 80.0 cm³/mol. The third-order valence-electron chi connectivity index (χ3n) is 5.74. The summed E-state index contributed by atoms with van der Waals surface area (Å²) in [5.41, 5.74) is 0.675. The van der Waals surface area contributed by atoms with Crippen molar-refractivity contribution in [1.29, 1.82) is 0 Å². The molecule has 2 heterocycles. The van der Waals surface area contributed by atoms with Crippen LogP contribution in [0, 0.1) is 11.8 Å². The molecule has 1 aromatic heterocycles. The smallest absolute Gasteiger partial charge is 0.257 e. The van der Waals surface area contributed by atoms with Crippen LogP contribution in [0.1, 0.15) is 48.9 Å². The highest BCUT2D eigenvalue weighted by atomic mass is 16.3. The molecule has 1 amide bonds. The zero-order valence-electron chi connectivity index (χ0n) is 12.5. The lowest BCUT2D eigenvalue weighted by Gasteiger charge is -2.35. The minimum Gasteiger partial charge on any atom is -0.472 e. The number of furan rings is 1. The van der Waals surface area contributed by atoms with Crippen LogP contribution < -0.4 is 5.32 Å². The van der Waals surface area contributed by atoms with Crippen LogP contribution in [-0.4, -0.2) is 36.0 Å². The van der Waals surface area contributed by atoms with E-state index in [-0.39, 0.29) is 5.91 Å². The normalized spacial score (nSPS) is 32.8. The molecule has 3 fully saturated rings. The van der Waals surface area contributed by atoms with Crippen molar-refractivity contribution >= 4 is 5.91 Å². The highest BCUT2D eigenvalue weighted by Crippen LogP contribution is 2.44. The van der Waals surface area contributed by atoms with Gasteiger partial charge in [0.05, 0.1) is 11.8 Å². The highest BCUT2D eigenvalue weighted by molar-refractivity contribution is 5.93. The zero-order chi connectivity index (χ0) is 14.2. The minimum atomic E-state index is 0.113. The summed E-state index contributed by atoms with van der Waals surface area (Å²) < 4.78 is 5.00. The minimum absolute atomic E-state index is 0.113. The number of hydrogen-bond donors (Lipinski definition) is 1. The standard InChI is InChI=1S/C17H24N2O2/c20-17(14-5-8-21-11-14)19-6-3-15(4-7-19)18-16-10-12-1-2-13(16)9-12/h5,8,11-13,15-16,18H,1-4,6-7,9-10H2. The third kappa shape index (κ3) is 2.61. The van der Waals surface area contributed by atoms with Crippen molar-refractivity contribution in [3.63, 3.8) is 0 Å². The van der Waals surface area contributed by atoms with Gasteiger partial charge in [0, 0.05) is 25.2 Å². The SMILES string of the molecule is O=C(c1ccoc1)N1CCC(NC2CC3CCC2C3)CC1. The van der Waals surface area contributed by atoms with Crippen LogP contribution in [0.2, 0.25) is 0 Å². The molecule has 2 aliphatic carbocycles. The summed E-state index contributed by atoms with van der Waals surface area (Å²) in [6, 6.07) is 3.11. The van der Waals surface area contributed by atoms with Crippen molar-refractivity contribution in [2.45, 2.75) is 50.6 Å². The Morgan fingerprint density at radius 3 is 2.67 bits per heavy atom. The van der Waals surface area contributed by atoms with Crippen molar-refractivity contribution in [1.82, 2.24) is 10.2 Å². The maximum Gasteiger partial charge on any atom is 0.257 e. The number of likely N-dealkylation sites (tertiary alicyclic amines) is 1. The van der Waals surface area contributed by atoms with Gasteiger partial charge in [-0.25, -0.2) is 0 Å². The second-order valence-corrected chi connectivity index (χ2v) is 7.03. The Bertz CT molecular complexity index is 491. The molecule has 1 saturated heterocycles.